The van der Waals surface area contributed by atoms with Gasteiger partial charge < -0.3 is 19.4 Å². The lowest BCUT2D eigenvalue weighted by molar-refractivity contribution is -0.0105. The molecule has 4 N–H and O–H groups in total. The highest BCUT2D eigenvalue weighted by Crippen LogP contribution is 2.72. The average Bonchev–Trinajstić information content (AvgIpc) is 3.58. The Labute approximate surface area is 330 Å². The lowest BCUT2D eigenvalue weighted by Crippen LogP contribution is -2.33. The van der Waals surface area contributed by atoms with Crippen LogP contribution in [0.2, 0.25) is 0 Å². The maximum atomic E-state index is 13.5. The van der Waals surface area contributed by atoms with Crippen molar-refractivity contribution in [2.45, 2.75) is 162 Å². The summed E-state index contributed by atoms with van der Waals surface area (Å²) in [4.78, 5) is 56.4. The normalized spacial score (nSPS) is 19.2. The third-order valence-electron chi connectivity index (χ3n) is 8.74. The van der Waals surface area contributed by atoms with Crippen LogP contribution in [0.25, 0.3) is 0 Å². The molecule has 326 valence electrons. The molecular formula is C34H64N2O16P4. The number of aromatic amines is 1. The minimum atomic E-state index is -5.92. The Morgan fingerprint density at radius 1 is 0.625 bits per heavy atom. The molecule has 0 spiro atoms. The molecule has 0 aromatic carbocycles. The van der Waals surface area contributed by atoms with Crippen LogP contribution in [0.15, 0.2) is 27.9 Å². The number of unbranched alkanes of at least 4 members (excludes halogenated alkanes) is 18. The lowest BCUT2D eigenvalue weighted by Gasteiger charge is -2.22. The molecule has 1 aliphatic heterocycles. The first-order valence-electron chi connectivity index (χ1n) is 19.8. The SMILES string of the molecule is CCCCCCCCCCCCOP(=O)(OCCCCCCCCCCCC)OP(=O)(O)OP(=O)(O)OP(=O)(O)OC[C@@H]1C=C[C@H](n2cc(C)c(=O)[nH]c2=O)O1. The van der Waals surface area contributed by atoms with E-state index in [0.717, 1.165) is 68.8 Å². The third-order valence-corrected chi connectivity index (χ3v) is 15.1. The summed E-state index contributed by atoms with van der Waals surface area (Å²) in [6.07, 6.45) is 22.2. The molecule has 3 unspecified atom stereocenters. The zero-order valence-corrected chi connectivity index (χ0v) is 36.6. The monoisotopic (exact) mass is 880 g/mol. The fourth-order valence-electron chi connectivity index (χ4n) is 5.74. The van der Waals surface area contributed by atoms with Crippen LogP contribution in [0.3, 0.4) is 0 Å². The number of aromatic nitrogens is 2. The van der Waals surface area contributed by atoms with Crippen molar-refractivity contribution in [3.05, 3.63) is 44.8 Å². The average molecular weight is 881 g/mol. The Morgan fingerprint density at radius 2 is 1.05 bits per heavy atom. The molecule has 0 aliphatic carbocycles. The molecule has 0 saturated carbocycles. The zero-order chi connectivity index (χ0) is 41.5. The van der Waals surface area contributed by atoms with Crippen LogP contribution < -0.4 is 11.2 Å². The zero-order valence-electron chi connectivity index (χ0n) is 33.0. The second kappa shape index (κ2) is 26.9. The van der Waals surface area contributed by atoms with Crippen molar-refractivity contribution in [3.63, 3.8) is 0 Å². The second-order valence-electron chi connectivity index (χ2n) is 13.9. The number of hydrogen-bond acceptors (Lipinski definition) is 13. The Bertz CT molecular complexity index is 1590. The summed E-state index contributed by atoms with van der Waals surface area (Å²) in [6.45, 7) is 4.71. The number of nitrogens with one attached hydrogen (secondary N) is 1. The molecule has 1 aromatic rings. The molecule has 0 saturated heterocycles. The van der Waals surface area contributed by atoms with E-state index in [4.69, 9.17) is 18.3 Å². The standard InChI is InChI=1S/C34H64N2O16P4/c1-4-6-8-10-12-14-16-18-20-22-26-46-56(45,47-27-23-21-19-17-15-13-11-9-7-5-2)52-55(43,44)51-54(41,42)50-53(39,40)48-29-31-24-25-32(49-31)36-28-30(3)33(37)35-34(36)38/h24-25,28,31-32H,4-23,26-27,29H2,1-3H3,(H,39,40)(H,41,42)(H,43,44)(H,35,37,38)/t31-,32+/m0/s1. The van der Waals surface area contributed by atoms with E-state index in [1.165, 1.54) is 76.6 Å². The Morgan fingerprint density at radius 3 is 1.54 bits per heavy atom. The highest BCUT2D eigenvalue weighted by Gasteiger charge is 2.47. The Balaban J connectivity index is 1.89. The molecule has 56 heavy (non-hydrogen) atoms. The predicted octanol–water partition coefficient (Wildman–Crippen LogP) is 9.65. The minimum absolute atomic E-state index is 0.173. The number of ether oxygens (including phenoxy) is 1. The molecule has 1 aromatic heterocycles. The van der Waals surface area contributed by atoms with Gasteiger partial charge in [0.15, 0.2) is 6.23 Å². The van der Waals surface area contributed by atoms with Crippen LogP contribution in [-0.2, 0) is 49.5 Å². The van der Waals surface area contributed by atoms with Crippen molar-refractivity contribution in [1.29, 1.82) is 0 Å². The highest BCUT2D eigenvalue weighted by molar-refractivity contribution is 7.69. The van der Waals surface area contributed by atoms with Crippen molar-refractivity contribution >= 4 is 31.3 Å². The third kappa shape index (κ3) is 22.3. The largest absolute Gasteiger partial charge is 0.490 e. The van der Waals surface area contributed by atoms with E-state index in [2.05, 4.69) is 31.8 Å². The molecule has 0 amide bonds. The van der Waals surface area contributed by atoms with Crippen molar-refractivity contribution in [2.75, 3.05) is 19.8 Å². The molecule has 5 atom stereocenters. The summed E-state index contributed by atoms with van der Waals surface area (Å²) in [5.74, 6) is 0. The quantitative estimate of drug-likeness (QED) is 0.0286. The first-order valence-corrected chi connectivity index (χ1v) is 25.8. The van der Waals surface area contributed by atoms with Crippen LogP contribution in [0.5, 0.6) is 0 Å². The Kier molecular flexibility index (Phi) is 24.6. The van der Waals surface area contributed by atoms with Crippen molar-refractivity contribution < 1.29 is 64.2 Å². The van der Waals surface area contributed by atoms with Gasteiger partial charge in [0.25, 0.3) is 5.56 Å². The molecule has 1 aliphatic rings. The van der Waals surface area contributed by atoms with Crippen molar-refractivity contribution in [1.82, 2.24) is 9.55 Å². The van der Waals surface area contributed by atoms with Gasteiger partial charge in [-0.15, -0.1) is 0 Å². The van der Waals surface area contributed by atoms with Crippen LogP contribution >= 0.6 is 31.3 Å². The predicted molar refractivity (Wildman–Crippen MR) is 211 cm³/mol. The molecule has 2 rings (SSSR count). The van der Waals surface area contributed by atoms with Gasteiger partial charge in [-0.05, 0) is 25.8 Å². The van der Waals surface area contributed by atoms with E-state index in [1.54, 1.807) is 0 Å². The molecule has 18 nitrogen and oxygen atoms in total. The molecule has 0 radical (unpaired) electrons. The number of hydrogen-bond donors (Lipinski definition) is 4. The smallest absolute Gasteiger partial charge is 0.344 e. The van der Waals surface area contributed by atoms with E-state index < -0.39 is 61.5 Å². The first-order chi connectivity index (χ1) is 26.5. The van der Waals surface area contributed by atoms with Gasteiger partial charge >= 0.3 is 37.0 Å². The molecule has 2 heterocycles. The van der Waals surface area contributed by atoms with Gasteiger partial charge in [0.2, 0.25) is 0 Å². The fourth-order valence-corrected chi connectivity index (χ4v) is 11.3. The number of aryl methyl sites for hydroxylation is 1. The van der Waals surface area contributed by atoms with Crippen LogP contribution in [0.4, 0.5) is 0 Å². The molecule has 0 bridgehead atoms. The van der Waals surface area contributed by atoms with Gasteiger partial charge in [-0.25, -0.2) is 23.1 Å². The summed E-state index contributed by atoms with van der Waals surface area (Å²) in [7, 11) is -22.1. The number of rotatable bonds is 34. The fraction of sp³-hybridized carbons (Fsp3) is 0.824. The number of nitrogens with zero attached hydrogens (tertiary/aromatic N) is 1. The van der Waals surface area contributed by atoms with Gasteiger partial charge in [-0.2, -0.15) is 12.9 Å². The minimum Gasteiger partial charge on any atom is -0.344 e. The molecular weight excluding hydrogens is 816 g/mol. The Hall–Kier alpha value is -1.06. The number of phosphoric acid groups is 4. The van der Waals surface area contributed by atoms with Crippen molar-refractivity contribution in [2.24, 2.45) is 0 Å². The van der Waals surface area contributed by atoms with E-state index >= 15 is 0 Å². The summed E-state index contributed by atoms with van der Waals surface area (Å²) < 4.78 is 86.3. The number of phosphoric ester groups is 2. The van der Waals surface area contributed by atoms with Crippen LogP contribution in [0, 0.1) is 6.92 Å². The van der Waals surface area contributed by atoms with Gasteiger partial charge in [0.1, 0.15) is 6.10 Å². The van der Waals surface area contributed by atoms with E-state index in [1.807, 2.05) is 0 Å². The van der Waals surface area contributed by atoms with Gasteiger partial charge in [-0.3, -0.25) is 27.9 Å². The summed E-state index contributed by atoms with van der Waals surface area (Å²) >= 11 is 0. The lowest BCUT2D eigenvalue weighted by atomic mass is 10.1. The van der Waals surface area contributed by atoms with Crippen LogP contribution in [-0.4, -0.2) is 50.2 Å². The van der Waals surface area contributed by atoms with Gasteiger partial charge in [0, 0.05) is 11.8 Å². The maximum absolute atomic E-state index is 13.5. The summed E-state index contributed by atoms with van der Waals surface area (Å²) in [5.41, 5.74) is -1.15. The van der Waals surface area contributed by atoms with E-state index in [9.17, 15) is 42.5 Å². The second-order valence-corrected chi connectivity index (χ2v) is 20.3. The van der Waals surface area contributed by atoms with Crippen molar-refractivity contribution in [3.8, 4) is 0 Å². The molecule has 22 heteroatoms. The molecule has 0 fully saturated rings. The van der Waals surface area contributed by atoms with Crippen LogP contribution in [0.1, 0.15) is 154 Å². The summed E-state index contributed by atoms with van der Waals surface area (Å²) in [6, 6.07) is 0. The first kappa shape index (κ1) is 51.1. The topological polar surface area (TPSA) is 248 Å². The number of H-pyrrole nitrogens is 1. The van der Waals surface area contributed by atoms with Gasteiger partial charge in [-0.1, -0.05) is 135 Å². The maximum Gasteiger partial charge on any atom is 0.490 e. The highest BCUT2D eigenvalue weighted by atomic mass is 31.3. The summed E-state index contributed by atoms with van der Waals surface area (Å²) in [5, 5.41) is 0. The van der Waals surface area contributed by atoms with Gasteiger partial charge in [0.05, 0.1) is 19.8 Å². The van der Waals surface area contributed by atoms with E-state index in [-0.39, 0.29) is 18.8 Å². The van der Waals surface area contributed by atoms with E-state index in [0.29, 0.717) is 12.8 Å².